The third-order valence-corrected chi connectivity index (χ3v) is 1.93. The Labute approximate surface area is 80.2 Å². The maximum atomic E-state index is 5.36. The normalized spacial score (nSPS) is 9.23. The molecule has 1 aromatic rings. The van der Waals surface area contributed by atoms with Gasteiger partial charge in [-0.15, -0.1) is 6.42 Å². The molecule has 0 radical (unpaired) electrons. The van der Waals surface area contributed by atoms with E-state index in [-0.39, 0.29) is 0 Å². The van der Waals surface area contributed by atoms with Gasteiger partial charge in [-0.05, 0) is 18.6 Å². The zero-order chi connectivity index (χ0) is 9.52. The molecule has 0 amide bonds. The first kappa shape index (κ1) is 9.67. The molecule has 0 unspecified atom stereocenters. The summed E-state index contributed by atoms with van der Waals surface area (Å²) in [6.07, 6.45) is 7.74. The second kappa shape index (κ2) is 5.27. The molecule has 68 valence electrons. The summed E-state index contributed by atoms with van der Waals surface area (Å²) >= 11 is 0. The molecule has 0 spiro atoms. The first-order valence-corrected chi connectivity index (χ1v) is 4.68. The van der Waals surface area contributed by atoms with Crippen molar-refractivity contribution in [2.45, 2.75) is 19.8 Å². The number of hydrogen-bond donors (Lipinski definition) is 1. The van der Waals surface area contributed by atoms with Crippen LogP contribution in [0.5, 0.6) is 0 Å². The van der Waals surface area contributed by atoms with E-state index in [2.05, 4.69) is 18.2 Å². The quantitative estimate of drug-likeness (QED) is 0.545. The van der Waals surface area contributed by atoms with Gasteiger partial charge in [-0.3, -0.25) is 0 Å². The molecule has 0 heterocycles. The van der Waals surface area contributed by atoms with Crippen LogP contribution in [0.15, 0.2) is 24.3 Å². The fraction of sp³-hybridized carbons (Fsp3) is 0.333. The Morgan fingerprint density at radius 3 is 2.85 bits per heavy atom. The number of benzene rings is 1. The molecule has 1 aromatic carbocycles. The minimum Gasteiger partial charge on any atom is -0.384 e. The average Bonchev–Trinajstić information content (AvgIpc) is 2.19. The lowest BCUT2D eigenvalue weighted by atomic mass is 10.2. The minimum absolute atomic E-state index is 0.943. The second-order valence-electron chi connectivity index (χ2n) is 2.97. The van der Waals surface area contributed by atoms with Gasteiger partial charge >= 0.3 is 0 Å². The van der Waals surface area contributed by atoms with E-state index in [1.54, 1.807) is 0 Å². The van der Waals surface area contributed by atoms with Crippen molar-refractivity contribution in [2.75, 3.05) is 11.9 Å². The van der Waals surface area contributed by atoms with E-state index in [9.17, 15) is 0 Å². The molecule has 0 aliphatic carbocycles. The molecule has 0 aliphatic rings. The molecular formula is C12H15N. The SMILES string of the molecule is C#Cc1ccccc1NCCCC. The smallest absolute Gasteiger partial charge is 0.0499 e. The van der Waals surface area contributed by atoms with E-state index in [0.29, 0.717) is 0 Å². The van der Waals surface area contributed by atoms with Gasteiger partial charge in [0.15, 0.2) is 0 Å². The first-order chi connectivity index (χ1) is 6.38. The van der Waals surface area contributed by atoms with Gasteiger partial charge in [-0.1, -0.05) is 31.4 Å². The Morgan fingerprint density at radius 2 is 2.15 bits per heavy atom. The molecule has 1 nitrogen and oxygen atoms in total. The molecule has 0 fully saturated rings. The van der Waals surface area contributed by atoms with Gasteiger partial charge in [0.25, 0.3) is 0 Å². The molecular weight excluding hydrogens is 158 g/mol. The summed E-state index contributed by atoms with van der Waals surface area (Å²) < 4.78 is 0. The van der Waals surface area contributed by atoms with Crippen molar-refractivity contribution in [3.05, 3.63) is 29.8 Å². The Bertz CT molecular complexity index is 296. The molecule has 1 heteroatoms. The van der Waals surface area contributed by atoms with Crippen LogP contribution in [0.4, 0.5) is 5.69 Å². The van der Waals surface area contributed by atoms with Crippen LogP contribution in [0.25, 0.3) is 0 Å². The average molecular weight is 173 g/mol. The number of unbranched alkanes of at least 4 members (excludes halogenated alkanes) is 1. The van der Waals surface area contributed by atoms with E-state index < -0.39 is 0 Å². The van der Waals surface area contributed by atoms with Crippen molar-refractivity contribution in [3.8, 4) is 12.3 Å². The van der Waals surface area contributed by atoms with Gasteiger partial charge in [0.2, 0.25) is 0 Å². The number of anilines is 1. The molecule has 0 aromatic heterocycles. The predicted molar refractivity (Wildman–Crippen MR) is 57.8 cm³/mol. The molecule has 0 saturated carbocycles. The lowest BCUT2D eigenvalue weighted by Crippen LogP contribution is -2.02. The number of para-hydroxylation sites is 1. The highest BCUT2D eigenvalue weighted by Crippen LogP contribution is 2.13. The minimum atomic E-state index is 0.943. The molecule has 0 bridgehead atoms. The van der Waals surface area contributed by atoms with E-state index in [4.69, 9.17) is 6.42 Å². The first-order valence-electron chi connectivity index (χ1n) is 4.68. The van der Waals surface area contributed by atoms with Gasteiger partial charge < -0.3 is 5.32 Å². The van der Waals surface area contributed by atoms with Gasteiger partial charge in [-0.2, -0.15) is 0 Å². The summed E-state index contributed by atoms with van der Waals surface area (Å²) in [4.78, 5) is 0. The Balaban J connectivity index is 2.60. The van der Waals surface area contributed by atoms with Gasteiger partial charge in [0.05, 0.1) is 0 Å². The number of nitrogens with one attached hydrogen (secondary N) is 1. The molecule has 1 rings (SSSR count). The van der Waals surface area contributed by atoms with Crippen molar-refractivity contribution >= 4 is 5.69 Å². The zero-order valence-electron chi connectivity index (χ0n) is 8.01. The van der Waals surface area contributed by atoms with Crippen molar-refractivity contribution in [1.29, 1.82) is 0 Å². The van der Waals surface area contributed by atoms with Crippen LogP contribution in [0, 0.1) is 12.3 Å². The summed E-state index contributed by atoms with van der Waals surface area (Å²) in [6, 6.07) is 7.93. The van der Waals surface area contributed by atoms with Crippen LogP contribution in [-0.2, 0) is 0 Å². The fourth-order valence-electron chi connectivity index (χ4n) is 1.16. The van der Waals surface area contributed by atoms with Crippen LogP contribution in [0.1, 0.15) is 25.3 Å². The number of hydrogen-bond acceptors (Lipinski definition) is 1. The third-order valence-electron chi connectivity index (χ3n) is 1.93. The lowest BCUT2D eigenvalue weighted by Gasteiger charge is -2.06. The summed E-state index contributed by atoms with van der Waals surface area (Å²) in [6.45, 7) is 3.17. The molecule has 0 aliphatic heterocycles. The van der Waals surface area contributed by atoms with E-state index in [0.717, 1.165) is 17.8 Å². The van der Waals surface area contributed by atoms with Gasteiger partial charge in [-0.25, -0.2) is 0 Å². The number of rotatable bonds is 4. The molecule has 0 saturated heterocycles. The maximum absolute atomic E-state index is 5.36. The van der Waals surface area contributed by atoms with Crippen LogP contribution in [0.2, 0.25) is 0 Å². The summed E-state index contributed by atoms with van der Waals surface area (Å²) in [7, 11) is 0. The maximum Gasteiger partial charge on any atom is 0.0499 e. The lowest BCUT2D eigenvalue weighted by molar-refractivity contribution is 0.834. The highest BCUT2D eigenvalue weighted by molar-refractivity contribution is 5.58. The van der Waals surface area contributed by atoms with Crippen LogP contribution < -0.4 is 5.32 Å². The standard InChI is InChI=1S/C12H15N/c1-3-5-10-13-12-9-7-6-8-11(12)4-2/h2,6-9,13H,3,5,10H2,1H3. The molecule has 13 heavy (non-hydrogen) atoms. The Morgan fingerprint density at radius 1 is 1.38 bits per heavy atom. The summed E-state index contributed by atoms with van der Waals surface area (Å²) in [5, 5.41) is 3.32. The Hall–Kier alpha value is -1.42. The Kier molecular flexibility index (Phi) is 3.92. The van der Waals surface area contributed by atoms with Crippen molar-refractivity contribution in [2.24, 2.45) is 0 Å². The van der Waals surface area contributed by atoms with Crippen molar-refractivity contribution < 1.29 is 0 Å². The highest BCUT2D eigenvalue weighted by Gasteiger charge is 1.95. The second-order valence-corrected chi connectivity index (χ2v) is 2.97. The largest absolute Gasteiger partial charge is 0.384 e. The highest BCUT2D eigenvalue weighted by atomic mass is 14.9. The summed E-state index contributed by atoms with van der Waals surface area (Å²) in [5.74, 6) is 2.66. The van der Waals surface area contributed by atoms with Crippen LogP contribution in [0.3, 0.4) is 0 Å². The fourth-order valence-corrected chi connectivity index (χ4v) is 1.16. The topological polar surface area (TPSA) is 12.0 Å². The molecule has 1 N–H and O–H groups in total. The van der Waals surface area contributed by atoms with Crippen LogP contribution >= 0.6 is 0 Å². The van der Waals surface area contributed by atoms with E-state index >= 15 is 0 Å². The van der Waals surface area contributed by atoms with Gasteiger partial charge in [0.1, 0.15) is 0 Å². The molecule has 0 atom stereocenters. The van der Waals surface area contributed by atoms with Crippen molar-refractivity contribution in [1.82, 2.24) is 0 Å². The monoisotopic (exact) mass is 173 g/mol. The van der Waals surface area contributed by atoms with E-state index in [1.807, 2.05) is 24.3 Å². The third kappa shape index (κ3) is 2.83. The summed E-state index contributed by atoms with van der Waals surface area (Å²) in [5.41, 5.74) is 2.01. The predicted octanol–water partition coefficient (Wildman–Crippen LogP) is 2.88. The van der Waals surface area contributed by atoms with Gasteiger partial charge in [0, 0.05) is 17.8 Å². The zero-order valence-corrected chi connectivity index (χ0v) is 8.01. The van der Waals surface area contributed by atoms with Crippen molar-refractivity contribution in [3.63, 3.8) is 0 Å². The number of terminal acetylenes is 1. The van der Waals surface area contributed by atoms with E-state index in [1.165, 1.54) is 12.8 Å². The van der Waals surface area contributed by atoms with Crippen LogP contribution in [-0.4, -0.2) is 6.54 Å².